The second kappa shape index (κ2) is 12.7. The highest BCUT2D eigenvalue weighted by atomic mass is 15.0. The van der Waals surface area contributed by atoms with Crippen molar-refractivity contribution in [2.24, 2.45) is 0 Å². The van der Waals surface area contributed by atoms with Gasteiger partial charge in [0, 0.05) is 16.7 Å². The van der Waals surface area contributed by atoms with Gasteiger partial charge in [-0.15, -0.1) is 0 Å². The minimum Gasteiger partial charge on any atom is -0.208 e. The fourth-order valence-electron chi connectivity index (χ4n) is 6.34. The van der Waals surface area contributed by atoms with Gasteiger partial charge in [0.2, 0.25) is 0 Å². The van der Waals surface area contributed by atoms with Gasteiger partial charge in [-0.25, -0.2) is 15.0 Å². The summed E-state index contributed by atoms with van der Waals surface area (Å²) in [5, 5.41) is 2.01. The monoisotopic (exact) mass is 644 g/mol. The predicted octanol–water partition coefficient (Wildman–Crippen LogP) is 12.2. The molecule has 8 aromatic carbocycles. The molecule has 0 radical (unpaired) electrons. The molecular formula is C47H31N3. The molecule has 0 spiro atoms. The molecule has 1 heterocycles. The van der Waals surface area contributed by atoms with Crippen molar-refractivity contribution in [3.05, 3.63) is 188 Å². The first-order valence-electron chi connectivity index (χ1n) is 19.8. The van der Waals surface area contributed by atoms with Gasteiger partial charge in [-0.2, -0.15) is 0 Å². The maximum atomic E-state index is 8.95. The topological polar surface area (TPSA) is 38.7 Å². The van der Waals surface area contributed by atoms with Crippen molar-refractivity contribution in [2.75, 3.05) is 0 Å². The van der Waals surface area contributed by atoms with Crippen molar-refractivity contribution in [2.45, 2.75) is 0 Å². The Morgan fingerprint density at radius 1 is 0.320 bits per heavy atom. The molecule has 0 aliphatic carbocycles. The third kappa shape index (κ3) is 5.61. The molecule has 0 amide bonds. The van der Waals surface area contributed by atoms with Crippen molar-refractivity contribution in [1.29, 1.82) is 0 Å². The van der Waals surface area contributed by atoms with Gasteiger partial charge in [0.05, 0.1) is 9.60 Å². The Bertz CT molecular complexity index is 3040. The van der Waals surface area contributed by atoms with E-state index in [1.807, 2.05) is 84.9 Å². The van der Waals surface area contributed by atoms with E-state index in [2.05, 4.69) is 42.5 Å². The predicted molar refractivity (Wildman–Crippen MR) is 207 cm³/mol. The lowest BCUT2D eigenvalue weighted by molar-refractivity contribution is 1.07. The lowest BCUT2D eigenvalue weighted by atomic mass is 9.96. The molecule has 0 unspecified atom stereocenters. The van der Waals surface area contributed by atoms with E-state index in [1.165, 1.54) is 0 Å². The molecule has 234 valence electrons. The minimum absolute atomic E-state index is 0.0181. The molecular weight excluding hydrogens is 607 g/mol. The SMILES string of the molecule is [2H]c1c([2H])c([2H])c2c(-c3cccc(-c4nc(-c5ccc6cc(-c7ccccc7)ccc6c5)nc(-c5ccccc5-c5ccccc5)n4)c3)c([2H])c([2H])c([2H])c2c1[2H]. The van der Waals surface area contributed by atoms with Crippen LogP contribution in [0.15, 0.2) is 188 Å². The van der Waals surface area contributed by atoms with Crippen LogP contribution in [0.25, 0.3) is 89.1 Å². The fraction of sp³-hybridized carbons (Fsp3) is 0. The zero-order valence-corrected chi connectivity index (χ0v) is 26.7. The first-order chi connectivity index (χ1) is 27.7. The molecule has 50 heavy (non-hydrogen) atoms. The number of nitrogens with zero attached hydrogens (tertiary/aromatic N) is 3. The Morgan fingerprint density at radius 3 is 1.66 bits per heavy atom. The van der Waals surface area contributed by atoms with Crippen molar-refractivity contribution in [3.63, 3.8) is 0 Å². The maximum absolute atomic E-state index is 8.95. The van der Waals surface area contributed by atoms with Gasteiger partial charge < -0.3 is 0 Å². The second-order valence-electron chi connectivity index (χ2n) is 11.9. The van der Waals surface area contributed by atoms with Gasteiger partial charge in [-0.3, -0.25) is 0 Å². The second-order valence-corrected chi connectivity index (χ2v) is 11.9. The maximum Gasteiger partial charge on any atom is 0.164 e. The number of fused-ring (bicyclic) bond motifs is 2. The molecule has 0 N–H and O–H groups in total. The molecule has 1 aromatic heterocycles. The van der Waals surface area contributed by atoms with Crippen molar-refractivity contribution < 1.29 is 9.60 Å². The lowest BCUT2D eigenvalue weighted by Gasteiger charge is -2.13. The Balaban J connectivity index is 1.25. The summed E-state index contributed by atoms with van der Waals surface area (Å²) in [4.78, 5) is 15.1. The van der Waals surface area contributed by atoms with Gasteiger partial charge in [0.25, 0.3) is 0 Å². The van der Waals surface area contributed by atoms with Crippen LogP contribution >= 0.6 is 0 Å². The van der Waals surface area contributed by atoms with E-state index in [0.717, 1.165) is 44.2 Å². The average Bonchev–Trinajstić information content (AvgIpc) is 3.26. The van der Waals surface area contributed by atoms with E-state index >= 15 is 0 Å². The molecule has 0 aliphatic heterocycles. The summed E-state index contributed by atoms with van der Waals surface area (Å²) in [5.74, 6) is 1.25. The highest BCUT2D eigenvalue weighted by Crippen LogP contribution is 2.35. The fourth-order valence-corrected chi connectivity index (χ4v) is 6.34. The molecule has 3 nitrogen and oxygen atoms in total. The first-order valence-corrected chi connectivity index (χ1v) is 16.3. The third-order valence-corrected chi connectivity index (χ3v) is 8.82. The Kier molecular flexibility index (Phi) is 5.80. The summed E-state index contributed by atoms with van der Waals surface area (Å²) in [5.41, 5.74) is 6.91. The molecule has 0 fully saturated rings. The van der Waals surface area contributed by atoms with Crippen LogP contribution in [0, 0.1) is 0 Å². The molecule has 9 rings (SSSR count). The summed E-state index contributed by atoms with van der Waals surface area (Å²) < 4.78 is 60.2. The molecule has 0 saturated heterocycles. The third-order valence-electron chi connectivity index (χ3n) is 8.82. The van der Waals surface area contributed by atoms with E-state index in [-0.39, 0.29) is 28.4 Å². The molecule has 0 bridgehead atoms. The van der Waals surface area contributed by atoms with E-state index < -0.39 is 30.2 Å². The van der Waals surface area contributed by atoms with Gasteiger partial charge in [0.15, 0.2) is 17.5 Å². The van der Waals surface area contributed by atoms with Crippen molar-refractivity contribution in [3.8, 4) is 67.5 Å². The zero-order valence-electron chi connectivity index (χ0n) is 33.7. The summed E-state index contributed by atoms with van der Waals surface area (Å²) in [6.07, 6.45) is 0. The highest BCUT2D eigenvalue weighted by Gasteiger charge is 2.17. The van der Waals surface area contributed by atoms with Crippen LogP contribution in [0.4, 0.5) is 0 Å². The minimum atomic E-state index is -0.496. The first kappa shape index (κ1) is 22.8. The van der Waals surface area contributed by atoms with Crippen molar-refractivity contribution >= 4 is 21.5 Å². The lowest BCUT2D eigenvalue weighted by Crippen LogP contribution is -2.01. The molecule has 9 aromatic rings. The molecule has 3 heteroatoms. The van der Waals surface area contributed by atoms with Crippen LogP contribution in [0.1, 0.15) is 9.60 Å². The number of rotatable bonds is 6. The van der Waals surface area contributed by atoms with E-state index in [0.29, 0.717) is 28.6 Å². The van der Waals surface area contributed by atoms with Gasteiger partial charge >= 0.3 is 0 Å². The van der Waals surface area contributed by atoms with Crippen LogP contribution in [0.2, 0.25) is 0 Å². The van der Waals surface area contributed by atoms with Crippen LogP contribution in [0.3, 0.4) is 0 Å². The van der Waals surface area contributed by atoms with Crippen LogP contribution in [0.5, 0.6) is 0 Å². The summed E-state index contributed by atoms with van der Waals surface area (Å²) in [6, 6.07) is 44.9. The van der Waals surface area contributed by atoms with Crippen molar-refractivity contribution in [1.82, 2.24) is 15.0 Å². The molecule has 0 atom stereocenters. The Hall–Kier alpha value is -6.71. The Labute approximate surface area is 301 Å². The number of hydrogen-bond acceptors (Lipinski definition) is 3. The molecule has 0 saturated carbocycles. The standard InChI is InChI=1S/C47H31N3/c1-3-13-32(14-4-1)35-25-26-37-30-40(28-27-36(37)29-35)46-48-45(49-47(50-46)44-23-10-9-22-42(44)33-15-5-2-6-16-33)39-20-11-19-38(31-39)43-24-12-18-34-17-7-8-21-41(34)43/h1-31H/i7D,8D,12D,17D,18D,21D,24D. The van der Waals surface area contributed by atoms with Crippen LogP contribution in [-0.2, 0) is 0 Å². The number of hydrogen-bond donors (Lipinski definition) is 0. The van der Waals surface area contributed by atoms with Crippen LogP contribution < -0.4 is 0 Å². The Morgan fingerprint density at radius 2 is 0.880 bits per heavy atom. The number of aromatic nitrogens is 3. The van der Waals surface area contributed by atoms with E-state index in [1.54, 1.807) is 18.2 Å². The number of benzene rings is 8. The van der Waals surface area contributed by atoms with Crippen LogP contribution in [-0.4, -0.2) is 15.0 Å². The smallest absolute Gasteiger partial charge is 0.164 e. The normalized spacial score (nSPS) is 13.2. The zero-order chi connectivity index (χ0) is 39.4. The average molecular weight is 645 g/mol. The largest absolute Gasteiger partial charge is 0.208 e. The quantitative estimate of drug-likeness (QED) is 0.181. The highest BCUT2D eigenvalue weighted by molar-refractivity contribution is 5.97. The van der Waals surface area contributed by atoms with Gasteiger partial charge in [0.1, 0.15) is 0 Å². The summed E-state index contributed by atoms with van der Waals surface area (Å²) in [6.45, 7) is 0. The summed E-state index contributed by atoms with van der Waals surface area (Å²) in [7, 11) is 0. The molecule has 0 aliphatic rings. The van der Waals surface area contributed by atoms with E-state index in [9.17, 15) is 0 Å². The van der Waals surface area contributed by atoms with Gasteiger partial charge in [-0.1, -0.05) is 170 Å². The van der Waals surface area contributed by atoms with Gasteiger partial charge in [-0.05, 0) is 73.1 Å². The summed E-state index contributed by atoms with van der Waals surface area (Å²) >= 11 is 0. The van der Waals surface area contributed by atoms with E-state index in [4.69, 9.17) is 24.5 Å².